The third-order valence-electron chi connectivity index (χ3n) is 2.68. The SMILES string of the molecule is CCC(=O)NCc1ccc(S(=O)(=O)n2cncn2)cc1. The molecule has 0 aliphatic rings. The quantitative estimate of drug-likeness (QED) is 0.868. The number of carbonyl (C=O) groups excluding carboxylic acids is 1. The van der Waals surface area contributed by atoms with Crippen molar-refractivity contribution in [2.24, 2.45) is 0 Å². The molecule has 1 heterocycles. The van der Waals surface area contributed by atoms with Crippen LogP contribution in [0.25, 0.3) is 0 Å². The van der Waals surface area contributed by atoms with Crippen LogP contribution in [-0.4, -0.2) is 28.5 Å². The van der Waals surface area contributed by atoms with E-state index in [9.17, 15) is 13.2 Å². The van der Waals surface area contributed by atoms with Crippen LogP contribution in [0.4, 0.5) is 0 Å². The minimum Gasteiger partial charge on any atom is -0.352 e. The first kappa shape index (κ1) is 14.2. The number of aromatic nitrogens is 3. The van der Waals surface area contributed by atoms with Gasteiger partial charge < -0.3 is 5.32 Å². The number of benzene rings is 1. The number of nitrogens with zero attached hydrogens (tertiary/aromatic N) is 3. The highest BCUT2D eigenvalue weighted by Crippen LogP contribution is 2.13. The summed E-state index contributed by atoms with van der Waals surface area (Å²) in [6.45, 7) is 2.14. The van der Waals surface area contributed by atoms with Crippen LogP contribution in [0.1, 0.15) is 18.9 Å². The summed E-state index contributed by atoms with van der Waals surface area (Å²) in [6, 6.07) is 6.26. The summed E-state index contributed by atoms with van der Waals surface area (Å²) in [5, 5.41) is 6.34. The third-order valence-corrected chi connectivity index (χ3v) is 4.22. The molecule has 0 saturated heterocycles. The molecule has 2 rings (SSSR count). The van der Waals surface area contributed by atoms with Gasteiger partial charge in [0, 0.05) is 13.0 Å². The highest BCUT2D eigenvalue weighted by molar-refractivity contribution is 7.89. The molecule has 8 heteroatoms. The van der Waals surface area contributed by atoms with Crippen LogP contribution in [0.15, 0.2) is 41.8 Å². The van der Waals surface area contributed by atoms with Crippen LogP contribution in [0.3, 0.4) is 0 Å². The lowest BCUT2D eigenvalue weighted by Gasteiger charge is -2.06. The van der Waals surface area contributed by atoms with Gasteiger partial charge in [-0.05, 0) is 17.7 Å². The molecule has 1 aromatic heterocycles. The van der Waals surface area contributed by atoms with Crippen molar-refractivity contribution in [3.63, 3.8) is 0 Å². The minimum atomic E-state index is -3.69. The first-order valence-electron chi connectivity index (χ1n) is 6.00. The Morgan fingerprint density at radius 1 is 1.30 bits per heavy atom. The van der Waals surface area contributed by atoms with Crippen molar-refractivity contribution in [1.82, 2.24) is 19.5 Å². The summed E-state index contributed by atoms with van der Waals surface area (Å²) in [7, 11) is -3.69. The van der Waals surface area contributed by atoms with Gasteiger partial charge in [0.2, 0.25) is 5.91 Å². The maximum absolute atomic E-state index is 12.1. The van der Waals surface area contributed by atoms with Gasteiger partial charge in [0.15, 0.2) is 0 Å². The molecule has 1 N–H and O–H groups in total. The van der Waals surface area contributed by atoms with E-state index >= 15 is 0 Å². The minimum absolute atomic E-state index is 0.0516. The number of nitrogens with one attached hydrogen (secondary N) is 1. The van der Waals surface area contributed by atoms with E-state index in [1.54, 1.807) is 19.1 Å². The molecule has 0 atom stereocenters. The molecule has 7 nitrogen and oxygen atoms in total. The van der Waals surface area contributed by atoms with Gasteiger partial charge >= 0.3 is 0 Å². The van der Waals surface area contributed by atoms with Crippen LogP contribution in [0.2, 0.25) is 0 Å². The summed E-state index contributed by atoms with van der Waals surface area (Å²) in [4.78, 5) is 14.9. The molecule has 0 saturated carbocycles. The van der Waals surface area contributed by atoms with E-state index in [2.05, 4.69) is 15.4 Å². The molecular formula is C12H14N4O3S. The molecule has 20 heavy (non-hydrogen) atoms. The zero-order chi connectivity index (χ0) is 14.6. The third kappa shape index (κ3) is 3.02. The van der Waals surface area contributed by atoms with Crippen molar-refractivity contribution in [1.29, 1.82) is 0 Å². The van der Waals surface area contributed by atoms with Gasteiger partial charge in [0.05, 0.1) is 4.90 Å². The average Bonchev–Trinajstić information content (AvgIpc) is 3.00. The maximum Gasteiger partial charge on any atom is 0.284 e. The Morgan fingerprint density at radius 3 is 2.55 bits per heavy atom. The van der Waals surface area contributed by atoms with Crippen molar-refractivity contribution in [3.8, 4) is 0 Å². The Balaban J connectivity index is 2.14. The summed E-state index contributed by atoms with van der Waals surface area (Å²) in [6.07, 6.45) is 2.70. The first-order chi connectivity index (χ1) is 9.54. The fourth-order valence-electron chi connectivity index (χ4n) is 1.53. The summed E-state index contributed by atoms with van der Waals surface area (Å²) in [5.74, 6) is -0.0516. The van der Waals surface area contributed by atoms with Gasteiger partial charge in [-0.2, -0.15) is 8.42 Å². The average molecular weight is 294 g/mol. The molecule has 0 bridgehead atoms. The molecule has 106 valence electrons. The topological polar surface area (TPSA) is 94.0 Å². The molecule has 1 amide bonds. The standard InChI is InChI=1S/C12H14N4O3S/c1-2-12(17)14-7-10-3-5-11(6-4-10)20(18,19)16-9-13-8-15-16/h3-6,8-9H,2,7H2,1H3,(H,14,17). The van der Waals surface area contributed by atoms with Crippen molar-refractivity contribution < 1.29 is 13.2 Å². The van der Waals surface area contributed by atoms with Gasteiger partial charge in [-0.25, -0.2) is 4.98 Å². The summed E-state index contributed by atoms with van der Waals surface area (Å²) < 4.78 is 25.0. The Kier molecular flexibility index (Phi) is 4.14. The van der Waals surface area contributed by atoms with E-state index in [1.165, 1.54) is 12.1 Å². The monoisotopic (exact) mass is 294 g/mol. The van der Waals surface area contributed by atoms with Crippen LogP contribution in [0.5, 0.6) is 0 Å². The smallest absolute Gasteiger partial charge is 0.284 e. The summed E-state index contributed by atoms with van der Waals surface area (Å²) >= 11 is 0. The van der Waals surface area contributed by atoms with Gasteiger partial charge in [-0.3, -0.25) is 4.79 Å². The van der Waals surface area contributed by atoms with Crippen molar-refractivity contribution in [3.05, 3.63) is 42.5 Å². The highest BCUT2D eigenvalue weighted by atomic mass is 32.2. The number of rotatable bonds is 5. The zero-order valence-corrected chi connectivity index (χ0v) is 11.7. The number of hydrogen-bond donors (Lipinski definition) is 1. The molecule has 0 aliphatic heterocycles. The highest BCUT2D eigenvalue weighted by Gasteiger charge is 2.16. The van der Waals surface area contributed by atoms with E-state index in [0.717, 1.165) is 22.3 Å². The van der Waals surface area contributed by atoms with E-state index in [-0.39, 0.29) is 10.8 Å². The Hall–Kier alpha value is -2.22. The summed E-state index contributed by atoms with van der Waals surface area (Å²) in [5.41, 5.74) is 0.823. The molecular weight excluding hydrogens is 280 g/mol. The second-order valence-corrected chi connectivity index (χ2v) is 5.84. The van der Waals surface area contributed by atoms with Crippen LogP contribution >= 0.6 is 0 Å². The van der Waals surface area contributed by atoms with E-state index in [4.69, 9.17) is 0 Å². The van der Waals surface area contributed by atoms with Crippen LogP contribution in [-0.2, 0) is 21.4 Å². The van der Waals surface area contributed by atoms with E-state index < -0.39 is 10.0 Å². The lowest BCUT2D eigenvalue weighted by atomic mass is 10.2. The van der Waals surface area contributed by atoms with Gasteiger partial charge in [0.25, 0.3) is 10.0 Å². The molecule has 0 radical (unpaired) electrons. The Morgan fingerprint density at radius 2 is 2.00 bits per heavy atom. The Bertz CT molecular complexity index is 678. The molecule has 0 unspecified atom stereocenters. The molecule has 0 spiro atoms. The molecule has 1 aromatic carbocycles. The van der Waals surface area contributed by atoms with Crippen molar-refractivity contribution in [2.45, 2.75) is 24.8 Å². The predicted octanol–water partition coefficient (Wildman–Crippen LogP) is 0.541. The number of carbonyl (C=O) groups is 1. The van der Waals surface area contributed by atoms with E-state index in [0.29, 0.717) is 13.0 Å². The second kappa shape index (κ2) is 5.83. The zero-order valence-electron chi connectivity index (χ0n) is 10.9. The number of hydrogen-bond acceptors (Lipinski definition) is 5. The maximum atomic E-state index is 12.1. The van der Waals surface area contributed by atoms with Gasteiger partial charge in [-0.1, -0.05) is 19.1 Å². The van der Waals surface area contributed by atoms with E-state index in [1.807, 2.05) is 0 Å². The fraction of sp³-hybridized carbons (Fsp3) is 0.250. The molecule has 2 aromatic rings. The first-order valence-corrected chi connectivity index (χ1v) is 7.44. The largest absolute Gasteiger partial charge is 0.352 e. The van der Waals surface area contributed by atoms with Crippen molar-refractivity contribution >= 4 is 15.9 Å². The van der Waals surface area contributed by atoms with Crippen LogP contribution in [0, 0.1) is 0 Å². The van der Waals surface area contributed by atoms with Crippen LogP contribution < -0.4 is 5.32 Å². The number of amides is 1. The molecule has 0 fully saturated rings. The van der Waals surface area contributed by atoms with Gasteiger partial charge in [0.1, 0.15) is 12.7 Å². The lowest BCUT2D eigenvalue weighted by Crippen LogP contribution is -2.21. The van der Waals surface area contributed by atoms with Crippen molar-refractivity contribution in [2.75, 3.05) is 0 Å². The predicted molar refractivity (Wildman–Crippen MR) is 71.2 cm³/mol. The Labute approximate surface area is 116 Å². The lowest BCUT2D eigenvalue weighted by molar-refractivity contribution is -0.120. The van der Waals surface area contributed by atoms with Gasteiger partial charge in [-0.15, -0.1) is 9.19 Å². The fourth-order valence-corrected chi connectivity index (χ4v) is 2.58. The normalized spacial score (nSPS) is 11.2. The second-order valence-electron chi connectivity index (χ2n) is 4.05. The molecule has 0 aliphatic carbocycles.